The highest BCUT2D eigenvalue weighted by Gasteiger charge is 2.11. The first-order valence-corrected chi connectivity index (χ1v) is 8.10. The number of hydrogen-bond acceptors (Lipinski definition) is 6. The van der Waals surface area contributed by atoms with Gasteiger partial charge in [-0.3, -0.25) is 0 Å². The summed E-state index contributed by atoms with van der Waals surface area (Å²) in [6, 6.07) is 0. The predicted octanol–water partition coefficient (Wildman–Crippen LogP) is 3.17. The van der Waals surface area contributed by atoms with Gasteiger partial charge in [0.1, 0.15) is 11.6 Å². The van der Waals surface area contributed by atoms with E-state index in [0.717, 1.165) is 42.2 Å². The minimum atomic E-state index is 0.607. The van der Waals surface area contributed by atoms with Gasteiger partial charge in [-0.2, -0.15) is 4.98 Å². The van der Waals surface area contributed by atoms with Gasteiger partial charge in [-0.25, -0.2) is 9.97 Å². The van der Waals surface area contributed by atoms with Crippen molar-refractivity contribution in [3.63, 3.8) is 0 Å². The number of thiazole rings is 1. The summed E-state index contributed by atoms with van der Waals surface area (Å²) in [5, 5.41) is 3.11. The zero-order chi connectivity index (χ0) is 15.2. The molecule has 0 fully saturated rings. The SMILES string of the molecule is CCCc1nc(NC)c(C)c(OCCc2scnc2C)n1. The van der Waals surface area contributed by atoms with Crippen molar-refractivity contribution in [1.29, 1.82) is 0 Å². The fourth-order valence-corrected chi connectivity index (χ4v) is 2.83. The van der Waals surface area contributed by atoms with Crippen molar-refractivity contribution in [2.45, 2.75) is 40.0 Å². The first-order chi connectivity index (χ1) is 10.2. The molecule has 2 heterocycles. The van der Waals surface area contributed by atoms with Crippen molar-refractivity contribution in [3.8, 4) is 5.88 Å². The van der Waals surface area contributed by atoms with E-state index in [1.165, 1.54) is 4.88 Å². The monoisotopic (exact) mass is 306 g/mol. The van der Waals surface area contributed by atoms with Gasteiger partial charge in [0.05, 0.1) is 23.4 Å². The van der Waals surface area contributed by atoms with Crippen molar-refractivity contribution in [3.05, 3.63) is 27.5 Å². The van der Waals surface area contributed by atoms with Crippen LogP contribution in [-0.4, -0.2) is 28.6 Å². The van der Waals surface area contributed by atoms with Crippen LogP contribution in [0.3, 0.4) is 0 Å². The molecule has 0 radical (unpaired) electrons. The molecule has 0 saturated carbocycles. The van der Waals surface area contributed by atoms with E-state index in [0.29, 0.717) is 12.5 Å². The smallest absolute Gasteiger partial charge is 0.221 e. The van der Waals surface area contributed by atoms with Crippen LogP contribution in [0.4, 0.5) is 5.82 Å². The third-order valence-electron chi connectivity index (χ3n) is 3.27. The number of aryl methyl sites for hydroxylation is 2. The fourth-order valence-electron chi connectivity index (χ4n) is 2.07. The molecule has 0 atom stereocenters. The number of hydrogen-bond donors (Lipinski definition) is 1. The quantitative estimate of drug-likeness (QED) is 0.851. The summed E-state index contributed by atoms with van der Waals surface area (Å²) in [4.78, 5) is 14.6. The lowest BCUT2D eigenvalue weighted by Crippen LogP contribution is -2.09. The van der Waals surface area contributed by atoms with E-state index in [1.807, 2.05) is 26.4 Å². The van der Waals surface area contributed by atoms with E-state index in [2.05, 4.69) is 27.2 Å². The molecule has 0 aromatic carbocycles. The average molecular weight is 306 g/mol. The Labute approximate surface area is 129 Å². The third-order valence-corrected chi connectivity index (χ3v) is 4.27. The van der Waals surface area contributed by atoms with Gasteiger partial charge in [0.15, 0.2) is 0 Å². The van der Waals surface area contributed by atoms with Gasteiger partial charge in [-0.1, -0.05) is 6.92 Å². The molecule has 21 heavy (non-hydrogen) atoms. The van der Waals surface area contributed by atoms with Crippen LogP contribution in [0.15, 0.2) is 5.51 Å². The Morgan fingerprint density at radius 2 is 2.05 bits per heavy atom. The van der Waals surface area contributed by atoms with Crippen LogP contribution in [0.2, 0.25) is 0 Å². The topological polar surface area (TPSA) is 59.9 Å². The number of anilines is 1. The number of nitrogens with zero attached hydrogens (tertiary/aromatic N) is 3. The van der Waals surface area contributed by atoms with Gasteiger partial charge < -0.3 is 10.1 Å². The Balaban J connectivity index is 2.07. The summed E-state index contributed by atoms with van der Waals surface area (Å²) < 4.78 is 5.88. The summed E-state index contributed by atoms with van der Waals surface area (Å²) in [5.74, 6) is 2.36. The minimum Gasteiger partial charge on any atom is -0.477 e. The summed E-state index contributed by atoms with van der Waals surface area (Å²) in [5.41, 5.74) is 3.92. The first kappa shape index (κ1) is 15.7. The Morgan fingerprint density at radius 1 is 1.24 bits per heavy atom. The first-order valence-electron chi connectivity index (χ1n) is 7.22. The molecule has 5 nitrogen and oxygen atoms in total. The largest absolute Gasteiger partial charge is 0.477 e. The van der Waals surface area contributed by atoms with Crippen molar-refractivity contribution in [2.24, 2.45) is 0 Å². The van der Waals surface area contributed by atoms with Gasteiger partial charge in [0.2, 0.25) is 5.88 Å². The highest BCUT2D eigenvalue weighted by molar-refractivity contribution is 7.09. The molecule has 0 amide bonds. The molecule has 2 aromatic heterocycles. The van der Waals surface area contributed by atoms with Crippen LogP contribution in [0.5, 0.6) is 5.88 Å². The molecule has 6 heteroatoms. The molecule has 0 aliphatic heterocycles. The van der Waals surface area contributed by atoms with Crippen molar-refractivity contribution < 1.29 is 4.74 Å². The van der Waals surface area contributed by atoms with Crippen LogP contribution in [0, 0.1) is 13.8 Å². The summed E-state index contributed by atoms with van der Waals surface area (Å²) >= 11 is 1.67. The van der Waals surface area contributed by atoms with Crippen LogP contribution < -0.4 is 10.1 Å². The molecule has 0 bridgehead atoms. The molecule has 0 aliphatic carbocycles. The number of aromatic nitrogens is 3. The maximum Gasteiger partial charge on any atom is 0.221 e. The van der Waals surface area contributed by atoms with Gasteiger partial charge in [0.25, 0.3) is 0 Å². The molecule has 1 N–H and O–H groups in total. The maximum absolute atomic E-state index is 5.88. The molecular weight excluding hydrogens is 284 g/mol. The second-order valence-electron chi connectivity index (χ2n) is 4.88. The van der Waals surface area contributed by atoms with E-state index in [1.54, 1.807) is 11.3 Å². The summed E-state index contributed by atoms with van der Waals surface area (Å²) in [6.45, 7) is 6.74. The standard InChI is InChI=1S/C15H22N4OS/c1-5-6-13-18-14(16-4)10(2)15(19-13)20-8-7-12-11(3)17-9-21-12/h9H,5-8H2,1-4H3,(H,16,18,19). The van der Waals surface area contributed by atoms with Crippen LogP contribution in [0.1, 0.15) is 35.3 Å². The van der Waals surface area contributed by atoms with Crippen molar-refractivity contribution >= 4 is 17.2 Å². The zero-order valence-electron chi connectivity index (χ0n) is 13.1. The number of rotatable bonds is 7. The Morgan fingerprint density at radius 3 is 2.67 bits per heavy atom. The molecular formula is C15H22N4OS. The predicted molar refractivity (Wildman–Crippen MR) is 86.4 cm³/mol. The zero-order valence-corrected chi connectivity index (χ0v) is 13.9. The second kappa shape index (κ2) is 7.36. The lowest BCUT2D eigenvalue weighted by atomic mass is 10.2. The summed E-state index contributed by atoms with van der Waals surface area (Å²) in [7, 11) is 1.87. The van der Waals surface area contributed by atoms with Crippen LogP contribution in [-0.2, 0) is 12.8 Å². The molecule has 0 spiro atoms. The van der Waals surface area contributed by atoms with Crippen molar-refractivity contribution in [2.75, 3.05) is 19.0 Å². The van der Waals surface area contributed by atoms with Crippen LogP contribution in [0.25, 0.3) is 0 Å². The second-order valence-corrected chi connectivity index (χ2v) is 5.82. The lowest BCUT2D eigenvalue weighted by molar-refractivity contribution is 0.306. The van der Waals surface area contributed by atoms with Crippen molar-refractivity contribution in [1.82, 2.24) is 15.0 Å². The van der Waals surface area contributed by atoms with Gasteiger partial charge in [-0.05, 0) is 20.3 Å². The number of nitrogens with one attached hydrogen (secondary N) is 1. The fraction of sp³-hybridized carbons (Fsp3) is 0.533. The molecule has 0 unspecified atom stereocenters. The molecule has 2 aromatic rings. The Kier molecular flexibility index (Phi) is 5.50. The highest BCUT2D eigenvalue weighted by atomic mass is 32.1. The van der Waals surface area contributed by atoms with E-state index >= 15 is 0 Å². The van der Waals surface area contributed by atoms with E-state index in [9.17, 15) is 0 Å². The minimum absolute atomic E-state index is 0.607. The number of ether oxygens (including phenoxy) is 1. The normalized spacial score (nSPS) is 10.7. The lowest BCUT2D eigenvalue weighted by Gasteiger charge is -2.12. The maximum atomic E-state index is 5.88. The van der Waals surface area contributed by atoms with Gasteiger partial charge >= 0.3 is 0 Å². The van der Waals surface area contributed by atoms with Gasteiger partial charge in [-0.15, -0.1) is 11.3 Å². The van der Waals surface area contributed by atoms with Crippen LogP contribution >= 0.6 is 11.3 Å². The summed E-state index contributed by atoms with van der Waals surface area (Å²) in [6.07, 6.45) is 2.74. The average Bonchev–Trinajstić information content (AvgIpc) is 2.88. The highest BCUT2D eigenvalue weighted by Crippen LogP contribution is 2.23. The Bertz CT molecular complexity index is 597. The molecule has 0 aliphatic rings. The molecule has 2 rings (SSSR count). The Hall–Kier alpha value is -1.69. The molecule has 114 valence electrons. The van der Waals surface area contributed by atoms with E-state index in [-0.39, 0.29) is 0 Å². The van der Waals surface area contributed by atoms with E-state index in [4.69, 9.17) is 4.74 Å². The van der Waals surface area contributed by atoms with Gasteiger partial charge in [0, 0.05) is 24.8 Å². The molecule has 0 saturated heterocycles. The third kappa shape index (κ3) is 3.91. The van der Waals surface area contributed by atoms with E-state index < -0.39 is 0 Å².